The number of pyridine rings is 1. The van der Waals surface area contributed by atoms with Crippen LogP contribution in [0.15, 0.2) is 59.1 Å². The second-order valence-corrected chi connectivity index (χ2v) is 8.32. The Bertz CT molecular complexity index is 1150. The number of rotatable bonds is 3. The molecule has 6 heteroatoms. The van der Waals surface area contributed by atoms with Crippen LogP contribution in [0, 0.1) is 13.8 Å². The molecule has 4 nitrogen and oxygen atoms in total. The number of carbonyl (C=O) groups is 1. The van der Waals surface area contributed by atoms with Gasteiger partial charge in [0.2, 0.25) is 0 Å². The predicted octanol–water partition coefficient (Wildman–Crippen LogP) is 5.99. The van der Waals surface area contributed by atoms with E-state index in [9.17, 15) is 4.79 Å². The highest BCUT2D eigenvalue weighted by Crippen LogP contribution is 2.28. The largest absolute Gasteiger partial charge is 0.298 e. The van der Waals surface area contributed by atoms with Gasteiger partial charge < -0.3 is 0 Å². The number of aryl methyl sites for hydroxylation is 2. The van der Waals surface area contributed by atoms with Gasteiger partial charge in [-0.1, -0.05) is 46.3 Å². The Morgan fingerprint density at radius 2 is 1.85 bits per heavy atom. The highest BCUT2D eigenvalue weighted by Gasteiger charge is 2.16. The lowest BCUT2D eigenvalue weighted by molar-refractivity contribution is 0.102. The third kappa shape index (κ3) is 3.63. The maximum Gasteiger partial charge on any atom is 0.258 e. The van der Waals surface area contributed by atoms with Crippen LogP contribution >= 0.6 is 27.3 Å². The van der Waals surface area contributed by atoms with E-state index in [0.717, 1.165) is 37.2 Å². The fourth-order valence-corrected chi connectivity index (χ4v) is 4.06. The Hall–Kier alpha value is -2.57. The number of amides is 1. The summed E-state index contributed by atoms with van der Waals surface area (Å²) in [6.07, 6.45) is 0. The van der Waals surface area contributed by atoms with Gasteiger partial charge in [-0.2, -0.15) is 0 Å². The van der Waals surface area contributed by atoms with Gasteiger partial charge in [0, 0.05) is 20.3 Å². The van der Waals surface area contributed by atoms with Crippen molar-refractivity contribution in [1.82, 2.24) is 9.97 Å². The first-order valence-corrected chi connectivity index (χ1v) is 10.0. The van der Waals surface area contributed by atoms with Crippen LogP contribution in [0.5, 0.6) is 0 Å². The lowest BCUT2D eigenvalue weighted by atomic mass is 10.0. The Morgan fingerprint density at radius 1 is 1.04 bits per heavy atom. The van der Waals surface area contributed by atoms with E-state index in [0.29, 0.717) is 10.7 Å². The quantitative estimate of drug-likeness (QED) is 0.428. The van der Waals surface area contributed by atoms with Gasteiger partial charge in [-0.05, 0) is 38.1 Å². The number of hydrogen-bond donors (Lipinski definition) is 1. The molecular formula is C21H16BrN3OS. The summed E-state index contributed by atoms with van der Waals surface area (Å²) >= 11 is 4.98. The zero-order chi connectivity index (χ0) is 19.0. The molecule has 1 amide bonds. The number of thiazole rings is 1. The van der Waals surface area contributed by atoms with Gasteiger partial charge in [-0.25, -0.2) is 9.97 Å². The summed E-state index contributed by atoms with van der Waals surface area (Å²) in [6, 6.07) is 17.4. The van der Waals surface area contributed by atoms with Crippen molar-refractivity contribution in [2.24, 2.45) is 0 Å². The highest BCUT2D eigenvalue weighted by molar-refractivity contribution is 9.10. The molecule has 0 aliphatic rings. The summed E-state index contributed by atoms with van der Waals surface area (Å²) in [5.41, 5.74) is 4.01. The molecule has 0 radical (unpaired) electrons. The first-order chi connectivity index (χ1) is 13.0. The van der Waals surface area contributed by atoms with Crippen LogP contribution < -0.4 is 5.32 Å². The molecule has 2 aromatic carbocycles. The molecule has 0 fully saturated rings. The van der Waals surface area contributed by atoms with Crippen molar-refractivity contribution in [2.45, 2.75) is 13.8 Å². The lowest BCUT2D eigenvalue weighted by Crippen LogP contribution is -2.13. The summed E-state index contributed by atoms with van der Waals surface area (Å²) in [5, 5.41) is 4.36. The van der Waals surface area contributed by atoms with E-state index >= 15 is 0 Å². The zero-order valence-corrected chi connectivity index (χ0v) is 17.2. The number of fused-ring (bicyclic) bond motifs is 1. The molecular weight excluding hydrogens is 422 g/mol. The van der Waals surface area contributed by atoms with Gasteiger partial charge in [-0.15, -0.1) is 11.3 Å². The normalized spacial score (nSPS) is 10.9. The molecule has 0 aliphatic heterocycles. The third-order valence-corrected chi connectivity index (χ3v) is 5.81. The van der Waals surface area contributed by atoms with Gasteiger partial charge in [0.25, 0.3) is 5.91 Å². The summed E-state index contributed by atoms with van der Waals surface area (Å²) in [7, 11) is 0. The minimum Gasteiger partial charge on any atom is -0.298 e. The number of anilines is 1. The van der Waals surface area contributed by atoms with Crippen LogP contribution in [0.3, 0.4) is 0 Å². The molecule has 4 aromatic rings. The van der Waals surface area contributed by atoms with Crippen LogP contribution in [0.25, 0.3) is 22.2 Å². The van der Waals surface area contributed by atoms with Crippen molar-refractivity contribution < 1.29 is 4.79 Å². The minimum atomic E-state index is -0.182. The van der Waals surface area contributed by atoms with Crippen molar-refractivity contribution in [3.8, 4) is 11.3 Å². The van der Waals surface area contributed by atoms with Crippen molar-refractivity contribution >= 4 is 49.2 Å². The molecule has 2 aromatic heterocycles. The number of benzene rings is 2. The Kier molecular flexibility index (Phi) is 4.76. The number of aromatic nitrogens is 2. The molecule has 0 aliphatic carbocycles. The number of halogens is 1. The molecule has 2 heterocycles. The molecule has 0 saturated heterocycles. The predicted molar refractivity (Wildman–Crippen MR) is 114 cm³/mol. The van der Waals surface area contributed by atoms with E-state index < -0.39 is 0 Å². The van der Waals surface area contributed by atoms with E-state index in [1.807, 2.05) is 68.4 Å². The Morgan fingerprint density at radius 3 is 2.59 bits per heavy atom. The second-order valence-electron chi connectivity index (χ2n) is 6.20. The van der Waals surface area contributed by atoms with Crippen LogP contribution in [0.1, 0.15) is 20.9 Å². The highest BCUT2D eigenvalue weighted by atomic mass is 79.9. The van der Waals surface area contributed by atoms with Gasteiger partial charge in [-0.3, -0.25) is 10.1 Å². The number of para-hydroxylation sites is 1. The van der Waals surface area contributed by atoms with Gasteiger partial charge in [0.15, 0.2) is 5.13 Å². The van der Waals surface area contributed by atoms with Crippen molar-refractivity contribution in [1.29, 1.82) is 0 Å². The fourth-order valence-electron chi connectivity index (χ4n) is 2.85. The number of hydrogen-bond acceptors (Lipinski definition) is 4. The monoisotopic (exact) mass is 437 g/mol. The molecule has 27 heavy (non-hydrogen) atoms. The van der Waals surface area contributed by atoms with Crippen molar-refractivity contribution in [3.63, 3.8) is 0 Å². The molecule has 0 bridgehead atoms. The van der Waals surface area contributed by atoms with E-state index in [2.05, 4.69) is 26.2 Å². The summed E-state index contributed by atoms with van der Waals surface area (Å²) in [5.74, 6) is -0.182. The van der Waals surface area contributed by atoms with E-state index in [1.165, 1.54) is 11.3 Å². The third-order valence-electron chi connectivity index (χ3n) is 4.33. The van der Waals surface area contributed by atoms with E-state index in [4.69, 9.17) is 4.98 Å². The summed E-state index contributed by atoms with van der Waals surface area (Å²) in [6.45, 7) is 3.94. The van der Waals surface area contributed by atoms with Crippen LogP contribution in [0.2, 0.25) is 0 Å². The second kappa shape index (κ2) is 7.21. The van der Waals surface area contributed by atoms with Crippen LogP contribution in [-0.2, 0) is 0 Å². The van der Waals surface area contributed by atoms with Gasteiger partial charge in [0.05, 0.1) is 22.5 Å². The Balaban J connectivity index is 1.81. The lowest BCUT2D eigenvalue weighted by Gasteiger charge is -2.10. The van der Waals surface area contributed by atoms with Crippen LogP contribution in [-0.4, -0.2) is 15.9 Å². The van der Waals surface area contributed by atoms with Gasteiger partial charge >= 0.3 is 0 Å². The fraction of sp³-hybridized carbons (Fsp3) is 0.0952. The van der Waals surface area contributed by atoms with Crippen LogP contribution in [0.4, 0.5) is 5.13 Å². The summed E-state index contributed by atoms with van der Waals surface area (Å²) in [4.78, 5) is 23.3. The van der Waals surface area contributed by atoms with Crippen molar-refractivity contribution in [2.75, 3.05) is 5.32 Å². The summed E-state index contributed by atoms with van der Waals surface area (Å²) < 4.78 is 0.967. The molecule has 4 rings (SSSR count). The van der Waals surface area contributed by atoms with Gasteiger partial charge in [0.1, 0.15) is 0 Å². The van der Waals surface area contributed by atoms with Crippen molar-refractivity contribution in [3.05, 3.63) is 75.2 Å². The standard InChI is InChI=1S/C21H16BrN3OS/c1-12-13(2)27-21(23-12)25-20(26)17-11-19(14-6-5-7-15(22)10-14)24-18-9-4-3-8-16(17)18/h3-11H,1-2H3,(H,23,25,26). The average molecular weight is 438 g/mol. The molecule has 0 atom stereocenters. The number of nitrogens with one attached hydrogen (secondary N) is 1. The number of nitrogens with zero attached hydrogens (tertiary/aromatic N) is 2. The molecule has 0 spiro atoms. The maximum atomic E-state index is 13.0. The van der Waals surface area contributed by atoms with E-state index in [-0.39, 0.29) is 5.91 Å². The minimum absolute atomic E-state index is 0.182. The molecule has 134 valence electrons. The Labute approximate surface area is 169 Å². The smallest absolute Gasteiger partial charge is 0.258 e. The van der Waals surface area contributed by atoms with E-state index in [1.54, 1.807) is 0 Å². The topological polar surface area (TPSA) is 54.9 Å². The first kappa shape index (κ1) is 17.8. The maximum absolute atomic E-state index is 13.0. The first-order valence-electron chi connectivity index (χ1n) is 8.42. The SMILES string of the molecule is Cc1nc(NC(=O)c2cc(-c3cccc(Br)c3)nc3ccccc23)sc1C. The number of carbonyl (C=O) groups excluding carboxylic acids is 1. The molecule has 1 N–H and O–H groups in total. The zero-order valence-electron chi connectivity index (χ0n) is 14.8. The average Bonchev–Trinajstić information content (AvgIpc) is 2.97. The molecule has 0 unspecified atom stereocenters. The molecule has 0 saturated carbocycles.